The number of nitro benzene ring substituents is 1. The van der Waals surface area contributed by atoms with Crippen molar-refractivity contribution < 1.29 is 9.13 Å². The second-order valence-electron chi connectivity index (χ2n) is 5.85. The molecule has 0 amide bonds. The van der Waals surface area contributed by atoms with E-state index in [1.54, 1.807) is 24.5 Å². The minimum atomic E-state index is -1.16. The van der Waals surface area contributed by atoms with Crippen molar-refractivity contribution in [2.24, 2.45) is 0 Å². The molecule has 3 aromatic carbocycles. The van der Waals surface area contributed by atoms with Crippen molar-refractivity contribution in [3.05, 3.63) is 70.8 Å². The topological polar surface area (TPSA) is 86.0 Å². The number of aromatic nitrogens is 2. The molecule has 0 saturated carbocycles. The van der Waals surface area contributed by atoms with Crippen LogP contribution in [-0.2, 0) is 10.8 Å². The highest BCUT2D eigenvalue weighted by atomic mass is 32.2. The van der Waals surface area contributed by atoms with Gasteiger partial charge in [0.05, 0.1) is 33.0 Å². The summed E-state index contributed by atoms with van der Waals surface area (Å²) in [4.78, 5) is 11.7. The number of fused-ring (bicyclic) bond motifs is 1. The average Bonchev–Trinajstić information content (AvgIpc) is 3.17. The highest BCUT2D eigenvalue weighted by Gasteiger charge is 2.21. The van der Waals surface area contributed by atoms with Crippen molar-refractivity contribution in [3.63, 3.8) is 0 Å². The van der Waals surface area contributed by atoms with Gasteiger partial charge in [0.15, 0.2) is 0 Å². The molecule has 4 aromatic rings. The van der Waals surface area contributed by atoms with Gasteiger partial charge in [-0.2, -0.15) is 8.75 Å². The lowest BCUT2D eigenvalue weighted by Crippen LogP contribution is -1.95. The molecule has 0 N–H and O–H groups in total. The Balaban J connectivity index is 1.99. The first-order valence-corrected chi connectivity index (χ1v) is 10.3. The van der Waals surface area contributed by atoms with Crippen LogP contribution in [-0.4, -0.2) is 24.1 Å². The van der Waals surface area contributed by atoms with E-state index in [-0.39, 0.29) is 5.69 Å². The molecular weight excluding hydrogens is 382 g/mol. The Morgan fingerprint density at radius 1 is 0.852 bits per heavy atom. The summed E-state index contributed by atoms with van der Waals surface area (Å²) in [6.07, 6.45) is 1.64. The number of hydrogen-bond donors (Lipinski definition) is 0. The fourth-order valence-corrected chi connectivity index (χ4v) is 4.43. The predicted molar refractivity (Wildman–Crippen MR) is 107 cm³/mol. The van der Waals surface area contributed by atoms with Gasteiger partial charge in [-0.1, -0.05) is 42.5 Å². The van der Waals surface area contributed by atoms with Crippen LogP contribution in [0.1, 0.15) is 0 Å². The third-order valence-corrected chi connectivity index (χ3v) is 5.80. The van der Waals surface area contributed by atoms with Crippen molar-refractivity contribution in [2.45, 2.75) is 4.90 Å². The van der Waals surface area contributed by atoms with Gasteiger partial charge in [-0.05, 0) is 12.1 Å². The van der Waals surface area contributed by atoms with Crippen molar-refractivity contribution in [1.82, 2.24) is 8.75 Å². The number of benzene rings is 3. The van der Waals surface area contributed by atoms with E-state index in [4.69, 9.17) is 0 Å². The first-order chi connectivity index (χ1) is 13.1. The maximum atomic E-state index is 12.1. The van der Waals surface area contributed by atoms with Crippen LogP contribution in [0.25, 0.3) is 33.3 Å². The maximum absolute atomic E-state index is 12.1. The smallest absolute Gasteiger partial charge is 0.258 e. The van der Waals surface area contributed by atoms with Gasteiger partial charge in [0, 0.05) is 33.9 Å². The molecule has 0 radical (unpaired) electrons. The van der Waals surface area contributed by atoms with Gasteiger partial charge >= 0.3 is 0 Å². The van der Waals surface area contributed by atoms with Crippen molar-refractivity contribution in [2.75, 3.05) is 6.26 Å². The molecule has 1 aromatic heterocycles. The average molecular weight is 395 g/mol. The molecule has 0 spiro atoms. The highest BCUT2D eigenvalue weighted by Crippen LogP contribution is 2.39. The SMILES string of the molecule is CS(=O)c1ccccc1-c1ccc(-c2ccccc2[N+](=O)[O-])c2nsnc12. The van der Waals surface area contributed by atoms with Gasteiger partial charge in [0.1, 0.15) is 11.0 Å². The Bertz CT molecular complexity index is 1110. The summed E-state index contributed by atoms with van der Waals surface area (Å²) in [5, 5.41) is 11.4. The zero-order valence-corrected chi connectivity index (χ0v) is 15.8. The van der Waals surface area contributed by atoms with Gasteiger partial charge in [-0.15, -0.1) is 0 Å². The monoisotopic (exact) mass is 395 g/mol. The molecular formula is C19H13N3O3S2. The molecule has 134 valence electrons. The molecule has 6 nitrogen and oxygen atoms in total. The number of rotatable bonds is 4. The summed E-state index contributed by atoms with van der Waals surface area (Å²) < 4.78 is 20.9. The van der Waals surface area contributed by atoms with Crippen LogP contribution < -0.4 is 0 Å². The Morgan fingerprint density at radius 2 is 1.41 bits per heavy atom. The quantitative estimate of drug-likeness (QED) is 0.370. The number of para-hydroxylation sites is 1. The van der Waals surface area contributed by atoms with Crippen LogP contribution >= 0.6 is 11.7 Å². The van der Waals surface area contributed by atoms with Gasteiger partial charge in [-0.25, -0.2) is 0 Å². The van der Waals surface area contributed by atoms with E-state index in [0.717, 1.165) is 22.9 Å². The van der Waals surface area contributed by atoms with E-state index in [2.05, 4.69) is 8.75 Å². The van der Waals surface area contributed by atoms with E-state index in [1.807, 2.05) is 36.4 Å². The minimum absolute atomic E-state index is 0.0228. The third-order valence-electron chi connectivity index (χ3n) is 4.29. The molecule has 0 aliphatic carbocycles. The molecule has 1 unspecified atom stereocenters. The molecule has 1 atom stereocenters. The van der Waals surface area contributed by atoms with Crippen LogP contribution in [0, 0.1) is 10.1 Å². The lowest BCUT2D eigenvalue weighted by atomic mass is 9.97. The Labute approximate surface area is 161 Å². The normalized spacial score (nSPS) is 12.2. The van der Waals surface area contributed by atoms with E-state index < -0.39 is 15.7 Å². The Hall–Kier alpha value is -2.97. The van der Waals surface area contributed by atoms with Crippen molar-refractivity contribution >= 4 is 39.2 Å². The summed E-state index contributed by atoms with van der Waals surface area (Å²) in [7, 11) is -1.16. The van der Waals surface area contributed by atoms with Crippen LogP contribution in [0.5, 0.6) is 0 Å². The fraction of sp³-hybridized carbons (Fsp3) is 0.0526. The molecule has 0 aliphatic heterocycles. The van der Waals surface area contributed by atoms with Gasteiger partial charge in [-0.3, -0.25) is 14.3 Å². The zero-order chi connectivity index (χ0) is 19.0. The van der Waals surface area contributed by atoms with Crippen LogP contribution in [0.15, 0.2) is 65.6 Å². The largest absolute Gasteiger partial charge is 0.277 e. The second kappa shape index (κ2) is 6.98. The maximum Gasteiger partial charge on any atom is 0.277 e. The standard InChI is InChI=1S/C19H13N3O3S2/c1-27(25)17-9-5-3-7-13(17)15-11-10-14(18-19(15)21-26-20-18)12-6-2-4-8-16(12)22(23)24/h2-11H,1H3. The lowest BCUT2D eigenvalue weighted by molar-refractivity contribution is -0.384. The van der Waals surface area contributed by atoms with Crippen LogP contribution in [0.2, 0.25) is 0 Å². The molecule has 4 rings (SSSR count). The van der Waals surface area contributed by atoms with Crippen LogP contribution in [0.4, 0.5) is 5.69 Å². The summed E-state index contributed by atoms with van der Waals surface area (Å²) in [6.45, 7) is 0. The molecule has 0 aliphatic rings. The van der Waals surface area contributed by atoms with Gasteiger partial charge in [0.2, 0.25) is 0 Å². The first-order valence-electron chi connectivity index (χ1n) is 8.00. The summed E-state index contributed by atoms with van der Waals surface area (Å²) in [6, 6.07) is 17.7. The highest BCUT2D eigenvalue weighted by molar-refractivity contribution is 7.84. The summed E-state index contributed by atoms with van der Waals surface area (Å²) in [5.41, 5.74) is 4.06. The summed E-state index contributed by atoms with van der Waals surface area (Å²) in [5.74, 6) is 0. The summed E-state index contributed by atoms with van der Waals surface area (Å²) >= 11 is 1.05. The van der Waals surface area contributed by atoms with Crippen molar-refractivity contribution in [3.8, 4) is 22.3 Å². The van der Waals surface area contributed by atoms with E-state index in [9.17, 15) is 14.3 Å². The number of nitro groups is 1. The Morgan fingerprint density at radius 3 is 2.04 bits per heavy atom. The molecule has 8 heteroatoms. The Kier molecular flexibility index (Phi) is 4.51. The van der Waals surface area contributed by atoms with Crippen molar-refractivity contribution in [1.29, 1.82) is 0 Å². The van der Waals surface area contributed by atoms with Crippen LogP contribution in [0.3, 0.4) is 0 Å². The van der Waals surface area contributed by atoms with Gasteiger partial charge < -0.3 is 0 Å². The third kappa shape index (κ3) is 3.02. The minimum Gasteiger partial charge on any atom is -0.258 e. The molecule has 0 bridgehead atoms. The lowest BCUT2D eigenvalue weighted by Gasteiger charge is -2.10. The zero-order valence-electron chi connectivity index (χ0n) is 14.2. The molecule has 1 heterocycles. The fourth-order valence-electron chi connectivity index (χ4n) is 3.10. The predicted octanol–water partition coefficient (Wildman–Crippen LogP) is 4.67. The number of nitrogens with zero attached hydrogens (tertiary/aromatic N) is 3. The number of hydrogen-bond acceptors (Lipinski definition) is 6. The second-order valence-corrected chi connectivity index (χ2v) is 7.72. The van der Waals surface area contributed by atoms with E-state index >= 15 is 0 Å². The molecule has 0 fully saturated rings. The van der Waals surface area contributed by atoms with Gasteiger partial charge in [0.25, 0.3) is 5.69 Å². The molecule has 0 saturated heterocycles. The van der Waals surface area contributed by atoms with E-state index in [1.165, 1.54) is 6.07 Å². The molecule has 27 heavy (non-hydrogen) atoms. The van der Waals surface area contributed by atoms with E-state index in [0.29, 0.717) is 27.1 Å². The first kappa shape index (κ1) is 17.4.